The van der Waals surface area contributed by atoms with Gasteiger partial charge in [0.2, 0.25) is 0 Å². The van der Waals surface area contributed by atoms with Crippen LogP contribution in [0.5, 0.6) is 0 Å². The first-order chi connectivity index (χ1) is 15.3. The largest absolute Gasteiger partial charge is 0.301 e. The van der Waals surface area contributed by atoms with Gasteiger partial charge in [0.05, 0.1) is 35.8 Å². The van der Waals surface area contributed by atoms with Crippen LogP contribution in [0.3, 0.4) is 0 Å². The van der Waals surface area contributed by atoms with Crippen LogP contribution < -0.4 is 0 Å². The molecule has 0 atom stereocenters. The lowest BCUT2D eigenvalue weighted by molar-refractivity contribution is 0.172. The van der Waals surface area contributed by atoms with Crippen molar-refractivity contribution < 1.29 is 0 Å². The molecule has 0 bridgehead atoms. The molecular formula is C24H23N7. The first-order valence-corrected chi connectivity index (χ1v) is 10.7. The van der Waals surface area contributed by atoms with Crippen molar-refractivity contribution in [3.63, 3.8) is 0 Å². The molecule has 0 spiro atoms. The maximum Gasteiger partial charge on any atom is 0.153 e. The molecule has 0 unspecified atom stereocenters. The Hall–Kier alpha value is -3.58. The molecule has 0 amide bonds. The number of rotatable bonds is 6. The van der Waals surface area contributed by atoms with Gasteiger partial charge in [0.1, 0.15) is 0 Å². The van der Waals surface area contributed by atoms with Gasteiger partial charge in [0.25, 0.3) is 0 Å². The number of hydrogen-bond donors (Lipinski definition) is 0. The molecule has 7 heteroatoms. The second-order valence-electron chi connectivity index (χ2n) is 8.13. The van der Waals surface area contributed by atoms with Crippen molar-refractivity contribution in [2.75, 3.05) is 19.6 Å². The predicted molar refractivity (Wildman–Crippen MR) is 120 cm³/mol. The van der Waals surface area contributed by atoms with Gasteiger partial charge in [-0.2, -0.15) is 10.2 Å². The molecule has 154 valence electrons. The van der Waals surface area contributed by atoms with Crippen LogP contribution in [0.2, 0.25) is 0 Å². The number of fused-ring (bicyclic) bond motifs is 2. The van der Waals surface area contributed by atoms with Gasteiger partial charge in [-0.05, 0) is 55.4 Å². The summed E-state index contributed by atoms with van der Waals surface area (Å²) in [5, 5.41) is 10.6. The highest BCUT2D eigenvalue weighted by Gasteiger charge is 2.14. The Morgan fingerprint density at radius 3 is 2.81 bits per heavy atom. The first kappa shape index (κ1) is 18.2. The van der Waals surface area contributed by atoms with Gasteiger partial charge < -0.3 is 4.90 Å². The molecule has 7 nitrogen and oxygen atoms in total. The Morgan fingerprint density at radius 2 is 1.90 bits per heavy atom. The van der Waals surface area contributed by atoms with Gasteiger partial charge in [-0.1, -0.05) is 12.1 Å². The zero-order chi connectivity index (χ0) is 20.6. The fraction of sp³-hybridized carbons (Fsp3) is 0.250. The molecule has 1 fully saturated rings. The minimum Gasteiger partial charge on any atom is -0.301 e. The summed E-state index contributed by atoms with van der Waals surface area (Å²) in [4.78, 5) is 11.4. The zero-order valence-corrected chi connectivity index (χ0v) is 17.2. The SMILES string of the molecule is c1cnc2ccc(Cc3cnc4ccc(-c5cnn(CCN6CCC6)c5)nn34)cc2c1. The highest BCUT2D eigenvalue weighted by Crippen LogP contribution is 2.20. The van der Waals surface area contributed by atoms with Crippen molar-refractivity contribution in [3.05, 3.63) is 78.5 Å². The van der Waals surface area contributed by atoms with Gasteiger partial charge >= 0.3 is 0 Å². The van der Waals surface area contributed by atoms with Crippen LogP contribution in [-0.4, -0.2) is 53.9 Å². The quantitative estimate of drug-likeness (QED) is 0.430. The minimum atomic E-state index is 0.761. The lowest BCUT2D eigenvalue weighted by atomic mass is 10.1. The molecule has 1 aliphatic heterocycles. The normalized spacial score (nSPS) is 14.3. The summed E-state index contributed by atoms with van der Waals surface area (Å²) in [5.41, 5.74) is 6.08. The number of benzene rings is 1. The molecule has 0 radical (unpaired) electrons. The highest BCUT2D eigenvalue weighted by molar-refractivity contribution is 5.79. The molecule has 4 aromatic heterocycles. The number of imidazole rings is 1. The summed E-state index contributed by atoms with van der Waals surface area (Å²) in [6, 6.07) is 14.5. The number of aromatic nitrogens is 6. The first-order valence-electron chi connectivity index (χ1n) is 10.7. The van der Waals surface area contributed by atoms with Crippen LogP contribution >= 0.6 is 0 Å². The maximum atomic E-state index is 4.88. The molecule has 5 aromatic rings. The van der Waals surface area contributed by atoms with E-state index in [4.69, 9.17) is 5.10 Å². The zero-order valence-electron chi connectivity index (χ0n) is 17.2. The third-order valence-corrected chi connectivity index (χ3v) is 6.01. The van der Waals surface area contributed by atoms with Crippen molar-refractivity contribution in [3.8, 4) is 11.3 Å². The van der Waals surface area contributed by atoms with Crippen LogP contribution in [-0.2, 0) is 13.0 Å². The van der Waals surface area contributed by atoms with E-state index in [-0.39, 0.29) is 0 Å². The molecule has 6 rings (SSSR count). The van der Waals surface area contributed by atoms with Gasteiger partial charge in [-0.15, -0.1) is 0 Å². The van der Waals surface area contributed by atoms with Crippen molar-refractivity contribution in [1.29, 1.82) is 0 Å². The smallest absolute Gasteiger partial charge is 0.153 e. The fourth-order valence-corrected chi connectivity index (χ4v) is 4.11. The summed E-state index contributed by atoms with van der Waals surface area (Å²) in [7, 11) is 0. The molecular weight excluding hydrogens is 386 g/mol. The Bertz CT molecular complexity index is 1360. The van der Waals surface area contributed by atoms with Crippen molar-refractivity contribution in [1.82, 2.24) is 34.3 Å². The lowest BCUT2D eigenvalue weighted by Crippen LogP contribution is -2.39. The van der Waals surface area contributed by atoms with E-state index in [0.717, 1.165) is 53.0 Å². The van der Waals surface area contributed by atoms with Crippen LogP contribution in [0.25, 0.3) is 27.8 Å². The average molecular weight is 409 g/mol. The van der Waals surface area contributed by atoms with Crippen LogP contribution in [0.4, 0.5) is 0 Å². The molecule has 5 heterocycles. The number of likely N-dealkylation sites (tertiary alicyclic amines) is 1. The van der Waals surface area contributed by atoms with Crippen molar-refractivity contribution in [2.45, 2.75) is 19.4 Å². The van der Waals surface area contributed by atoms with Crippen LogP contribution in [0.15, 0.2) is 67.3 Å². The molecule has 1 aromatic carbocycles. The molecule has 0 saturated carbocycles. The average Bonchev–Trinajstić information content (AvgIpc) is 3.40. The van der Waals surface area contributed by atoms with E-state index in [1.54, 1.807) is 0 Å². The van der Waals surface area contributed by atoms with Gasteiger partial charge in [-0.25, -0.2) is 9.50 Å². The summed E-state index contributed by atoms with van der Waals surface area (Å²) in [6.45, 7) is 4.39. The monoisotopic (exact) mass is 409 g/mol. The molecule has 1 aliphatic rings. The summed E-state index contributed by atoms with van der Waals surface area (Å²) in [5.74, 6) is 0. The standard InChI is InChI=1S/C24H23N7/c1-3-19-13-18(4-5-22(19)25-8-1)14-21-16-26-24-7-6-23(28-31(21)24)20-15-27-30(17-20)12-11-29-9-2-10-29/h1,3-8,13,15-17H,2,9-12,14H2. The third kappa shape index (κ3) is 3.57. The Labute approximate surface area is 180 Å². The lowest BCUT2D eigenvalue weighted by Gasteiger charge is -2.30. The van der Waals surface area contributed by atoms with Crippen molar-refractivity contribution in [2.24, 2.45) is 0 Å². The summed E-state index contributed by atoms with van der Waals surface area (Å²) >= 11 is 0. The molecule has 31 heavy (non-hydrogen) atoms. The summed E-state index contributed by atoms with van der Waals surface area (Å²) in [6.07, 6.45) is 9.80. The van der Waals surface area contributed by atoms with E-state index in [0.29, 0.717) is 0 Å². The Kier molecular flexibility index (Phi) is 4.46. The van der Waals surface area contributed by atoms with E-state index >= 15 is 0 Å². The topological polar surface area (TPSA) is 64.1 Å². The van der Waals surface area contributed by atoms with E-state index < -0.39 is 0 Å². The number of pyridine rings is 1. The minimum absolute atomic E-state index is 0.761. The van der Waals surface area contributed by atoms with Crippen LogP contribution in [0, 0.1) is 0 Å². The highest BCUT2D eigenvalue weighted by atomic mass is 15.3. The third-order valence-electron chi connectivity index (χ3n) is 6.01. The Balaban J connectivity index is 1.26. The van der Waals surface area contributed by atoms with Gasteiger partial charge in [0, 0.05) is 36.3 Å². The molecule has 0 aliphatic carbocycles. The van der Waals surface area contributed by atoms with E-state index in [2.05, 4.69) is 50.4 Å². The van der Waals surface area contributed by atoms with E-state index in [1.807, 2.05) is 46.0 Å². The molecule has 1 saturated heterocycles. The number of hydrogen-bond acceptors (Lipinski definition) is 5. The fourth-order valence-electron chi connectivity index (χ4n) is 4.11. The van der Waals surface area contributed by atoms with Crippen molar-refractivity contribution >= 4 is 16.6 Å². The molecule has 0 N–H and O–H groups in total. The van der Waals surface area contributed by atoms with E-state index in [1.165, 1.54) is 25.1 Å². The van der Waals surface area contributed by atoms with Crippen LogP contribution in [0.1, 0.15) is 17.7 Å². The van der Waals surface area contributed by atoms with E-state index in [9.17, 15) is 0 Å². The second-order valence-corrected chi connectivity index (χ2v) is 8.13. The second kappa shape index (κ2) is 7.59. The van der Waals surface area contributed by atoms with Gasteiger partial charge in [-0.3, -0.25) is 9.67 Å². The number of nitrogens with zero attached hydrogens (tertiary/aromatic N) is 7. The summed E-state index contributed by atoms with van der Waals surface area (Å²) < 4.78 is 3.96. The predicted octanol–water partition coefficient (Wildman–Crippen LogP) is 3.44. The van der Waals surface area contributed by atoms with Gasteiger partial charge in [0.15, 0.2) is 5.65 Å². The maximum absolute atomic E-state index is 4.88. The Morgan fingerprint density at radius 1 is 0.935 bits per heavy atom.